The van der Waals surface area contributed by atoms with E-state index in [-0.39, 0.29) is 5.91 Å². The number of hydrogen-bond acceptors (Lipinski definition) is 1. The summed E-state index contributed by atoms with van der Waals surface area (Å²) in [7, 11) is 0. The Morgan fingerprint density at radius 1 is 1.28 bits per heavy atom. The molecule has 1 saturated carbocycles. The second kappa shape index (κ2) is 5.55. The number of hydrogen-bond donors (Lipinski definition) is 1. The first-order valence-corrected chi connectivity index (χ1v) is 6.93. The predicted molar refractivity (Wildman–Crippen MR) is 74.3 cm³/mol. The van der Waals surface area contributed by atoms with E-state index in [0.717, 1.165) is 6.42 Å². The van der Waals surface area contributed by atoms with E-state index in [0.29, 0.717) is 24.2 Å². The Bertz CT molecular complexity index is 404. The molecule has 2 heteroatoms. The van der Waals surface area contributed by atoms with Gasteiger partial charge >= 0.3 is 0 Å². The van der Waals surface area contributed by atoms with E-state index >= 15 is 0 Å². The third kappa shape index (κ3) is 3.59. The van der Waals surface area contributed by atoms with Crippen molar-refractivity contribution in [2.75, 3.05) is 0 Å². The summed E-state index contributed by atoms with van der Waals surface area (Å²) in [4.78, 5) is 11.1. The van der Waals surface area contributed by atoms with Crippen LogP contribution in [0.3, 0.4) is 0 Å². The van der Waals surface area contributed by atoms with E-state index in [1.165, 1.54) is 24.0 Å². The van der Waals surface area contributed by atoms with E-state index in [9.17, 15) is 4.79 Å². The van der Waals surface area contributed by atoms with Gasteiger partial charge in [0.25, 0.3) is 0 Å². The quantitative estimate of drug-likeness (QED) is 0.821. The fourth-order valence-electron chi connectivity index (χ4n) is 2.64. The standard InChI is InChI=1S/C16H23NO/c1-11(2)9-12-3-5-13(6-4-12)15(10-16(17)18)14-7-8-14/h3-6,11,14-15H,7-10H2,1-2H3,(H2,17,18). The van der Waals surface area contributed by atoms with Crippen LogP contribution in [0.5, 0.6) is 0 Å². The smallest absolute Gasteiger partial charge is 0.218 e. The van der Waals surface area contributed by atoms with Crippen LogP contribution in [0.4, 0.5) is 0 Å². The molecular weight excluding hydrogens is 222 g/mol. The van der Waals surface area contributed by atoms with Crippen LogP contribution >= 0.6 is 0 Å². The van der Waals surface area contributed by atoms with E-state index in [4.69, 9.17) is 5.73 Å². The number of primary amides is 1. The van der Waals surface area contributed by atoms with Gasteiger partial charge in [0.2, 0.25) is 5.91 Å². The number of amides is 1. The lowest BCUT2D eigenvalue weighted by molar-refractivity contribution is -0.118. The van der Waals surface area contributed by atoms with Gasteiger partial charge in [-0.1, -0.05) is 38.1 Å². The molecule has 18 heavy (non-hydrogen) atoms. The van der Waals surface area contributed by atoms with Gasteiger partial charge in [-0.25, -0.2) is 0 Å². The van der Waals surface area contributed by atoms with Crippen LogP contribution in [0.1, 0.15) is 50.2 Å². The number of carbonyl (C=O) groups is 1. The molecule has 98 valence electrons. The minimum Gasteiger partial charge on any atom is -0.370 e. The molecule has 1 amide bonds. The first kappa shape index (κ1) is 13.1. The minimum absolute atomic E-state index is 0.182. The van der Waals surface area contributed by atoms with Crippen molar-refractivity contribution < 1.29 is 4.79 Å². The van der Waals surface area contributed by atoms with Crippen molar-refractivity contribution in [3.63, 3.8) is 0 Å². The highest BCUT2D eigenvalue weighted by Crippen LogP contribution is 2.44. The van der Waals surface area contributed by atoms with Crippen molar-refractivity contribution in [3.05, 3.63) is 35.4 Å². The minimum atomic E-state index is -0.182. The molecule has 1 unspecified atom stereocenters. The maximum Gasteiger partial charge on any atom is 0.218 e. The van der Waals surface area contributed by atoms with E-state index < -0.39 is 0 Å². The van der Waals surface area contributed by atoms with Gasteiger partial charge in [0, 0.05) is 6.42 Å². The molecule has 1 fully saturated rings. The zero-order valence-corrected chi connectivity index (χ0v) is 11.4. The highest BCUT2D eigenvalue weighted by molar-refractivity contribution is 5.74. The van der Waals surface area contributed by atoms with E-state index in [1.807, 2.05) is 0 Å². The van der Waals surface area contributed by atoms with Gasteiger partial charge < -0.3 is 5.73 Å². The average molecular weight is 245 g/mol. The second-order valence-electron chi connectivity index (χ2n) is 5.95. The van der Waals surface area contributed by atoms with Crippen LogP contribution in [0.25, 0.3) is 0 Å². The average Bonchev–Trinajstić information content (AvgIpc) is 3.10. The summed E-state index contributed by atoms with van der Waals surface area (Å²) in [6.45, 7) is 4.46. The number of nitrogens with two attached hydrogens (primary N) is 1. The predicted octanol–water partition coefficient (Wildman–Crippen LogP) is 3.25. The normalized spacial score (nSPS) is 16.8. The molecule has 0 heterocycles. The largest absolute Gasteiger partial charge is 0.370 e. The van der Waals surface area contributed by atoms with Crippen molar-refractivity contribution in [2.45, 2.75) is 45.4 Å². The lowest BCUT2D eigenvalue weighted by Crippen LogP contribution is -2.16. The van der Waals surface area contributed by atoms with Crippen LogP contribution in [0, 0.1) is 11.8 Å². The summed E-state index contributed by atoms with van der Waals surface area (Å²) in [6, 6.07) is 8.77. The monoisotopic (exact) mass is 245 g/mol. The molecule has 2 nitrogen and oxygen atoms in total. The lowest BCUT2D eigenvalue weighted by Gasteiger charge is -2.15. The molecule has 1 atom stereocenters. The molecule has 0 aromatic heterocycles. The first-order chi connectivity index (χ1) is 8.56. The van der Waals surface area contributed by atoms with Gasteiger partial charge in [0.1, 0.15) is 0 Å². The molecule has 2 rings (SSSR count). The fourth-order valence-corrected chi connectivity index (χ4v) is 2.64. The Balaban J connectivity index is 2.08. The molecule has 0 saturated heterocycles. The molecule has 0 spiro atoms. The zero-order chi connectivity index (χ0) is 13.1. The molecule has 0 bridgehead atoms. The van der Waals surface area contributed by atoms with Gasteiger partial charge in [-0.2, -0.15) is 0 Å². The van der Waals surface area contributed by atoms with Crippen LogP contribution in [0.2, 0.25) is 0 Å². The Hall–Kier alpha value is -1.31. The summed E-state index contributed by atoms with van der Waals surface area (Å²) in [5, 5.41) is 0. The van der Waals surface area contributed by atoms with Gasteiger partial charge in [-0.15, -0.1) is 0 Å². The molecule has 1 aromatic rings. The van der Waals surface area contributed by atoms with Crippen LogP contribution < -0.4 is 5.73 Å². The summed E-state index contributed by atoms with van der Waals surface area (Å²) in [5.41, 5.74) is 8.01. The molecule has 1 aromatic carbocycles. The van der Waals surface area contributed by atoms with Crippen LogP contribution in [-0.4, -0.2) is 5.91 Å². The highest BCUT2D eigenvalue weighted by atomic mass is 16.1. The molecular formula is C16H23NO. The molecule has 0 radical (unpaired) electrons. The summed E-state index contributed by atoms with van der Waals surface area (Å²) < 4.78 is 0. The highest BCUT2D eigenvalue weighted by Gasteiger charge is 2.33. The molecule has 2 N–H and O–H groups in total. The van der Waals surface area contributed by atoms with Gasteiger partial charge in [-0.3, -0.25) is 4.79 Å². The number of carbonyl (C=O) groups excluding carboxylic acids is 1. The first-order valence-electron chi connectivity index (χ1n) is 6.93. The van der Waals surface area contributed by atoms with Crippen molar-refractivity contribution >= 4 is 5.91 Å². The Labute approximate surface area is 110 Å². The van der Waals surface area contributed by atoms with Gasteiger partial charge in [0.05, 0.1) is 0 Å². The maximum atomic E-state index is 11.1. The van der Waals surface area contributed by atoms with E-state index in [1.54, 1.807) is 0 Å². The van der Waals surface area contributed by atoms with Crippen molar-refractivity contribution in [1.82, 2.24) is 0 Å². The van der Waals surface area contributed by atoms with Crippen LogP contribution in [-0.2, 0) is 11.2 Å². The Kier molecular flexibility index (Phi) is 4.05. The third-order valence-electron chi connectivity index (χ3n) is 3.66. The number of benzene rings is 1. The maximum absolute atomic E-state index is 11.1. The van der Waals surface area contributed by atoms with Crippen molar-refractivity contribution in [3.8, 4) is 0 Å². The molecule has 0 aliphatic heterocycles. The van der Waals surface area contributed by atoms with Crippen molar-refractivity contribution in [1.29, 1.82) is 0 Å². The Morgan fingerprint density at radius 3 is 2.33 bits per heavy atom. The summed E-state index contributed by atoms with van der Waals surface area (Å²) in [5.74, 6) is 1.52. The second-order valence-corrected chi connectivity index (χ2v) is 5.95. The number of rotatable bonds is 6. The Morgan fingerprint density at radius 2 is 1.89 bits per heavy atom. The molecule has 1 aliphatic rings. The SMILES string of the molecule is CC(C)Cc1ccc(C(CC(N)=O)C2CC2)cc1. The molecule has 1 aliphatic carbocycles. The summed E-state index contributed by atoms with van der Waals surface area (Å²) in [6.07, 6.45) is 4.09. The van der Waals surface area contributed by atoms with Crippen molar-refractivity contribution in [2.24, 2.45) is 17.6 Å². The van der Waals surface area contributed by atoms with Gasteiger partial charge in [0.15, 0.2) is 0 Å². The van der Waals surface area contributed by atoms with E-state index in [2.05, 4.69) is 38.1 Å². The van der Waals surface area contributed by atoms with Gasteiger partial charge in [-0.05, 0) is 48.1 Å². The topological polar surface area (TPSA) is 43.1 Å². The third-order valence-corrected chi connectivity index (χ3v) is 3.66. The lowest BCUT2D eigenvalue weighted by atomic mass is 9.89. The fraction of sp³-hybridized carbons (Fsp3) is 0.562. The zero-order valence-electron chi connectivity index (χ0n) is 11.4. The van der Waals surface area contributed by atoms with Crippen LogP contribution in [0.15, 0.2) is 24.3 Å². The summed E-state index contributed by atoms with van der Waals surface area (Å²) >= 11 is 0.